The van der Waals surface area contributed by atoms with Crippen molar-refractivity contribution < 1.29 is 0 Å². The SMILES string of the molecule is CCn1c(CCCN)nc2c1c(=O)n(C)c(=O)n2C. The number of aromatic nitrogens is 4. The smallest absolute Gasteiger partial charge is 0.330 e. The molecule has 0 aromatic carbocycles. The summed E-state index contributed by atoms with van der Waals surface area (Å²) < 4.78 is 4.39. The first-order valence-electron chi connectivity index (χ1n) is 6.38. The van der Waals surface area contributed by atoms with Gasteiger partial charge in [-0.2, -0.15) is 0 Å². The van der Waals surface area contributed by atoms with Gasteiger partial charge < -0.3 is 10.3 Å². The molecule has 2 N–H and O–H groups in total. The summed E-state index contributed by atoms with van der Waals surface area (Å²) in [5, 5.41) is 0. The lowest BCUT2D eigenvalue weighted by Gasteiger charge is -2.06. The minimum Gasteiger partial charge on any atom is -0.330 e. The average molecular weight is 265 g/mol. The Morgan fingerprint density at radius 1 is 1.21 bits per heavy atom. The Hall–Kier alpha value is -1.89. The summed E-state index contributed by atoms with van der Waals surface area (Å²) in [7, 11) is 3.11. The molecule has 0 amide bonds. The Morgan fingerprint density at radius 3 is 2.47 bits per heavy atom. The lowest BCUT2D eigenvalue weighted by atomic mass is 10.3. The molecule has 7 heteroatoms. The third kappa shape index (κ3) is 1.99. The van der Waals surface area contributed by atoms with Crippen molar-refractivity contribution in [2.24, 2.45) is 19.8 Å². The Labute approximate surface area is 110 Å². The standard InChI is InChI=1S/C12H19N5O2/c1-4-17-8(6-5-7-13)14-10-9(17)11(18)16(3)12(19)15(10)2/h4-7,13H2,1-3H3. The normalized spacial score (nSPS) is 11.4. The van der Waals surface area contributed by atoms with Crippen LogP contribution in [0.1, 0.15) is 19.2 Å². The third-order valence-electron chi connectivity index (χ3n) is 3.35. The largest absolute Gasteiger partial charge is 0.332 e. The monoisotopic (exact) mass is 265 g/mol. The molecule has 0 atom stereocenters. The number of hydrogen-bond donors (Lipinski definition) is 1. The van der Waals surface area contributed by atoms with Crippen LogP contribution in [-0.4, -0.2) is 25.2 Å². The number of nitrogens with two attached hydrogens (primary N) is 1. The van der Waals surface area contributed by atoms with Gasteiger partial charge in [-0.3, -0.25) is 13.9 Å². The highest BCUT2D eigenvalue weighted by Gasteiger charge is 2.17. The number of imidazole rings is 1. The Bertz CT molecular complexity index is 722. The van der Waals surface area contributed by atoms with Gasteiger partial charge in [-0.15, -0.1) is 0 Å². The van der Waals surface area contributed by atoms with Gasteiger partial charge in [-0.1, -0.05) is 0 Å². The molecule has 7 nitrogen and oxygen atoms in total. The number of nitrogens with zero attached hydrogens (tertiary/aromatic N) is 4. The first-order chi connectivity index (χ1) is 9.02. The molecular weight excluding hydrogens is 246 g/mol. The molecule has 0 radical (unpaired) electrons. The molecular formula is C12H19N5O2. The van der Waals surface area contributed by atoms with E-state index in [2.05, 4.69) is 4.98 Å². The van der Waals surface area contributed by atoms with Crippen molar-refractivity contribution in [1.29, 1.82) is 0 Å². The van der Waals surface area contributed by atoms with E-state index in [9.17, 15) is 9.59 Å². The van der Waals surface area contributed by atoms with Crippen molar-refractivity contribution >= 4 is 11.2 Å². The molecule has 0 aliphatic rings. The molecule has 104 valence electrons. The van der Waals surface area contributed by atoms with Gasteiger partial charge >= 0.3 is 5.69 Å². The summed E-state index contributed by atoms with van der Waals surface area (Å²) in [5.74, 6) is 0.807. The second-order valence-corrected chi connectivity index (χ2v) is 4.54. The van der Waals surface area contributed by atoms with Crippen LogP contribution in [-0.2, 0) is 27.1 Å². The van der Waals surface area contributed by atoms with Crippen molar-refractivity contribution in [1.82, 2.24) is 18.7 Å². The third-order valence-corrected chi connectivity index (χ3v) is 3.35. The van der Waals surface area contributed by atoms with E-state index in [0.717, 1.165) is 16.8 Å². The number of hydrogen-bond acceptors (Lipinski definition) is 4. The van der Waals surface area contributed by atoms with E-state index < -0.39 is 0 Å². The van der Waals surface area contributed by atoms with E-state index in [0.29, 0.717) is 30.7 Å². The fourth-order valence-electron chi connectivity index (χ4n) is 2.28. The van der Waals surface area contributed by atoms with E-state index in [1.165, 1.54) is 11.6 Å². The van der Waals surface area contributed by atoms with E-state index in [1.54, 1.807) is 7.05 Å². The zero-order valence-corrected chi connectivity index (χ0v) is 11.5. The summed E-state index contributed by atoms with van der Waals surface area (Å²) in [5.41, 5.74) is 5.79. The summed E-state index contributed by atoms with van der Waals surface area (Å²) >= 11 is 0. The summed E-state index contributed by atoms with van der Waals surface area (Å²) in [6, 6.07) is 0. The molecule has 0 aliphatic carbocycles. The lowest BCUT2D eigenvalue weighted by Crippen LogP contribution is -2.37. The Kier molecular flexibility index (Phi) is 3.57. The topological polar surface area (TPSA) is 87.8 Å². The van der Waals surface area contributed by atoms with Crippen molar-refractivity contribution in [3.63, 3.8) is 0 Å². The van der Waals surface area contributed by atoms with Gasteiger partial charge in [0.2, 0.25) is 0 Å². The molecule has 2 aromatic rings. The highest BCUT2D eigenvalue weighted by atomic mass is 16.2. The molecule has 0 spiro atoms. The fourth-order valence-corrected chi connectivity index (χ4v) is 2.28. The van der Waals surface area contributed by atoms with Gasteiger partial charge in [0, 0.05) is 27.1 Å². The molecule has 0 bridgehead atoms. The quantitative estimate of drug-likeness (QED) is 0.795. The first kappa shape index (κ1) is 13.5. The first-order valence-corrected chi connectivity index (χ1v) is 6.38. The fraction of sp³-hybridized carbons (Fsp3) is 0.583. The van der Waals surface area contributed by atoms with E-state index >= 15 is 0 Å². The predicted molar refractivity (Wildman–Crippen MR) is 73.3 cm³/mol. The van der Waals surface area contributed by atoms with Crippen LogP contribution in [0.2, 0.25) is 0 Å². The molecule has 0 saturated heterocycles. The van der Waals surface area contributed by atoms with Crippen LogP contribution in [0.3, 0.4) is 0 Å². The molecule has 0 aliphatic heterocycles. The highest BCUT2D eigenvalue weighted by Crippen LogP contribution is 2.12. The van der Waals surface area contributed by atoms with Gasteiger partial charge in [-0.05, 0) is 19.9 Å². The number of aryl methyl sites for hydroxylation is 3. The minimum atomic E-state index is -0.358. The van der Waals surface area contributed by atoms with Crippen molar-refractivity contribution in [3.8, 4) is 0 Å². The van der Waals surface area contributed by atoms with Crippen LogP contribution in [0, 0.1) is 0 Å². The maximum atomic E-state index is 12.2. The number of fused-ring (bicyclic) bond motifs is 1. The summed E-state index contributed by atoms with van der Waals surface area (Å²) in [4.78, 5) is 28.6. The van der Waals surface area contributed by atoms with E-state index in [1.807, 2.05) is 11.5 Å². The molecule has 2 rings (SSSR count). The summed E-state index contributed by atoms with van der Waals surface area (Å²) in [6.45, 7) is 3.17. The van der Waals surface area contributed by atoms with E-state index in [4.69, 9.17) is 5.73 Å². The Morgan fingerprint density at radius 2 is 1.89 bits per heavy atom. The van der Waals surface area contributed by atoms with Gasteiger partial charge in [0.25, 0.3) is 5.56 Å². The molecule has 0 saturated carbocycles. The van der Waals surface area contributed by atoms with Crippen LogP contribution in [0.15, 0.2) is 9.59 Å². The van der Waals surface area contributed by atoms with Crippen LogP contribution in [0.25, 0.3) is 11.2 Å². The zero-order valence-electron chi connectivity index (χ0n) is 11.5. The molecule has 2 aromatic heterocycles. The van der Waals surface area contributed by atoms with Crippen LogP contribution >= 0.6 is 0 Å². The molecule has 0 unspecified atom stereocenters. The van der Waals surface area contributed by atoms with Gasteiger partial charge in [0.1, 0.15) is 5.82 Å². The molecule has 2 heterocycles. The highest BCUT2D eigenvalue weighted by molar-refractivity contribution is 5.71. The maximum absolute atomic E-state index is 12.2. The lowest BCUT2D eigenvalue weighted by molar-refractivity contribution is 0.677. The van der Waals surface area contributed by atoms with Crippen molar-refractivity contribution in [3.05, 3.63) is 26.7 Å². The second-order valence-electron chi connectivity index (χ2n) is 4.54. The predicted octanol–water partition coefficient (Wildman–Crippen LogP) is -0.655. The molecule has 19 heavy (non-hydrogen) atoms. The van der Waals surface area contributed by atoms with Crippen LogP contribution in [0.4, 0.5) is 0 Å². The van der Waals surface area contributed by atoms with Gasteiger partial charge in [0.15, 0.2) is 11.2 Å². The van der Waals surface area contributed by atoms with Gasteiger partial charge in [-0.25, -0.2) is 9.78 Å². The van der Waals surface area contributed by atoms with E-state index in [-0.39, 0.29) is 11.2 Å². The zero-order chi connectivity index (χ0) is 14.2. The number of rotatable bonds is 4. The van der Waals surface area contributed by atoms with Crippen molar-refractivity contribution in [2.75, 3.05) is 6.54 Å². The van der Waals surface area contributed by atoms with Crippen molar-refractivity contribution in [2.45, 2.75) is 26.3 Å². The van der Waals surface area contributed by atoms with Crippen LogP contribution in [0.5, 0.6) is 0 Å². The summed E-state index contributed by atoms with van der Waals surface area (Å²) in [6.07, 6.45) is 1.51. The minimum absolute atomic E-state index is 0.300. The van der Waals surface area contributed by atoms with Crippen LogP contribution < -0.4 is 17.0 Å². The molecule has 0 fully saturated rings. The second kappa shape index (κ2) is 5.00. The van der Waals surface area contributed by atoms with Gasteiger partial charge in [0.05, 0.1) is 0 Å². The average Bonchev–Trinajstić information content (AvgIpc) is 2.79. The Balaban J connectivity index is 2.83. The maximum Gasteiger partial charge on any atom is 0.332 e.